The second kappa shape index (κ2) is 8.35. The summed E-state index contributed by atoms with van der Waals surface area (Å²) in [5.74, 6) is -1.02. The van der Waals surface area contributed by atoms with Crippen molar-refractivity contribution >= 4 is 33.5 Å². The molecule has 0 saturated carbocycles. The van der Waals surface area contributed by atoms with Crippen LogP contribution >= 0.6 is 11.3 Å². The Labute approximate surface area is 165 Å². The molecule has 3 aromatic rings. The van der Waals surface area contributed by atoms with Crippen molar-refractivity contribution < 1.29 is 19.1 Å². The first-order valence-electron chi connectivity index (χ1n) is 8.82. The van der Waals surface area contributed by atoms with Crippen molar-refractivity contribution in [2.45, 2.75) is 33.4 Å². The van der Waals surface area contributed by atoms with Crippen molar-refractivity contribution in [1.29, 1.82) is 0 Å². The molecule has 7 nitrogen and oxygen atoms in total. The molecule has 0 radical (unpaired) electrons. The molecule has 2 aromatic heterocycles. The summed E-state index contributed by atoms with van der Waals surface area (Å²) in [6.45, 7) is 5.32. The summed E-state index contributed by atoms with van der Waals surface area (Å²) in [4.78, 5) is 42.4. The fourth-order valence-electron chi connectivity index (χ4n) is 2.77. The highest BCUT2D eigenvalue weighted by molar-refractivity contribution is 7.20. The number of nitrogens with zero attached hydrogens (tertiary/aromatic N) is 2. The van der Waals surface area contributed by atoms with E-state index < -0.39 is 18.0 Å². The van der Waals surface area contributed by atoms with Crippen molar-refractivity contribution in [3.05, 3.63) is 63.0 Å². The smallest absolute Gasteiger partial charge is 0.349 e. The number of hydrogen-bond acceptors (Lipinski definition) is 7. The van der Waals surface area contributed by atoms with Crippen molar-refractivity contribution in [2.75, 3.05) is 6.61 Å². The maximum atomic E-state index is 12.9. The average Bonchev–Trinajstić information content (AvgIpc) is 3.04. The number of benzene rings is 1. The molecule has 146 valence electrons. The van der Waals surface area contributed by atoms with Crippen LogP contribution in [-0.2, 0) is 20.9 Å². The molecule has 0 aliphatic rings. The average molecular weight is 400 g/mol. The van der Waals surface area contributed by atoms with E-state index in [9.17, 15) is 14.4 Å². The van der Waals surface area contributed by atoms with Gasteiger partial charge >= 0.3 is 11.9 Å². The van der Waals surface area contributed by atoms with Crippen LogP contribution < -0.4 is 5.56 Å². The summed E-state index contributed by atoms with van der Waals surface area (Å²) in [7, 11) is 0. The van der Waals surface area contributed by atoms with Gasteiger partial charge in [0.1, 0.15) is 22.4 Å². The minimum absolute atomic E-state index is 0.144. The molecule has 0 saturated heterocycles. The number of carbonyl (C=O) groups excluding carboxylic acids is 2. The molecule has 0 aliphatic heterocycles. The lowest BCUT2D eigenvalue weighted by atomic mass is 10.2. The van der Waals surface area contributed by atoms with Gasteiger partial charge in [-0.25, -0.2) is 14.6 Å². The maximum absolute atomic E-state index is 12.9. The summed E-state index contributed by atoms with van der Waals surface area (Å²) in [6.07, 6.45) is 1.31. The number of rotatable bonds is 6. The molecular weight excluding hydrogens is 380 g/mol. The van der Waals surface area contributed by atoms with Crippen LogP contribution in [0.1, 0.15) is 40.7 Å². The molecule has 1 aromatic carbocycles. The Kier molecular flexibility index (Phi) is 5.89. The van der Waals surface area contributed by atoms with Crippen LogP contribution in [0.5, 0.6) is 0 Å². The first-order valence-corrected chi connectivity index (χ1v) is 9.63. The topological polar surface area (TPSA) is 87.5 Å². The standard InChI is InChI=1S/C20H20N2O5S/c1-4-26-19(24)13(3)22-11-21-17-15(18(22)23)12(2)16(28-17)20(25)27-10-14-8-6-5-7-9-14/h5-9,11,13H,4,10H2,1-3H3. The van der Waals surface area contributed by atoms with Gasteiger partial charge < -0.3 is 9.47 Å². The molecule has 0 amide bonds. The Hall–Kier alpha value is -3.00. The van der Waals surface area contributed by atoms with E-state index in [4.69, 9.17) is 9.47 Å². The Bertz CT molecular complexity index is 1070. The molecule has 0 N–H and O–H groups in total. The lowest BCUT2D eigenvalue weighted by molar-refractivity contribution is -0.146. The predicted molar refractivity (Wildman–Crippen MR) is 106 cm³/mol. The van der Waals surface area contributed by atoms with Gasteiger partial charge in [0.25, 0.3) is 5.56 Å². The quantitative estimate of drug-likeness (QED) is 0.590. The molecule has 0 fully saturated rings. The van der Waals surface area contributed by atoms with E-state index in [0.29, 0.717) is 20.7 Å². The van der Waals surface area contributed by atoms with Crippen LogP contribution in [0.3, 0.4) is 0 Å². The maximum Gasteiger partial charge on any atom is 0.349 e. The van der Waals surface area contributed by atoms with Crippen molar-refractivity contribution in [3.63, 3.8) is 0 Å². The van der Waals surface area contributed by atoms with E-state index in [1.54, 1.807) is 20.8 Å². The number of hydrogen-bond donors (Lipinski definition) is 0. The Morgan fingerprint density at radius 2 is 1.93 bits per heavy atom. The Morgan fingerprint density at radius 3 is 2.61 bits per heavy atom. The third-order valence-corrected chi connectivity index (χ3v) is 5.50. The number of aromatic nitrogens is 2. The number of esters is 2. The molecule has 0 spiro atoms. The van der Waals surface area contributed by atoms with Gasteiger partial charge in [0.2, 0.25) is 0 Å². The first kappa shape index (κ1) is 19.8. The van der Waals surface area contributed by atoms with Gasteiger partial charge in [-0.05, 0) is 31.9 Å². The van der Waals surface area contributed by atoms with Crippen LogP contribution in [0.15, 0.2) is 41.5 Å². The number of fused-ring (bicyclic) bond motifs is 1. The molecular formula is C20H20N2O5S. The monoisotopic (exact) mass is 400 g/mol. The molecule has 3 rings (SSSR count). The van der Waals surface area contributed by atoms with Gasteiger partial charge in [-0.2, -0.15) is 0 Å². The normalized spacial score (nSPS) is 12.0. The summed E-state index contributed by atoms with van der Waals surface area (Å²) in [6, 6.07) is 8.53. The van der Waals surface area contributed by atoms with Crippen LogP contribution in [0.25, 0.3) is 10.2 Å². The van der Waals surface area contributed by atoms with E-state index in [0.717, 1.165) is 16.9 Å². The highest BCUT2D eigenvalue weighted by Crippen LogP contribution is 2.28. The fraction of sp³-hybridized carbons (Fsp3) is 0.300. The number of aryl methyl sites for hydroxylation is 1. The molecule has 0 aliphatic carbocycles. The molecule has 1 unspecified atom stereocenters. The highest BCUT2D eigenvalue weighted by Gasteiger charge is 2.24. The molecule has 0 bridgehead atoms. The van der Waals surface area contributed by atoms with Gasteiger partial charge in [-0.15, -0.1) is 11.3 Å². The SMILES string of the molecule is CCOC(=O)C(C)n1cnc2sc(C(=O)OCc3ccccc3)c(C)c2c1=O. The predicted octanol–water partition coefficient (Wildman–Crippen LogP) is 3.25. The molecule has 28 heavy (non-hydrogen) atoms. The van der Waals surface area contributed by atoms with Crippen LogP contribution in [0.2, 0.25) is 0 Å². The zero-order chi connectivity index (χ0) is 20.3. The number of ether oxygens (including phenoxy) is 2. The zero-order valence-corrected chi connectivity index (χ0v) is 16.6. The Morgan fingerprint density at radius 1 is 1.21 bits per heavy atom. The van der Waals surface area contributed by atoms with Crippen molar-refractivity contribution in [1.82, 2.24) is 9.55 Å². The molecule has 1 atom stereocenters. The summed E-state index contributed by atoms with van der Waals surface area (Å²) in [5, 5.41) is 0.315. The molecule has 2 heterocycles. The summed E-state index contributed by atoms with van der Waals surface area (Å²) in [5.41, 5.74) is 0.987. The van der Waals surface area contributed by atoms with Gasteiger partial charge in [-0.3, -0.25) is 9.36 Å². The van der Waals surface area contributed by atoms with E-state index in [1.165, 1.54) is 10.9 Å². The third kappa shape index (κ3) is 3.82. The summed E-state index contributed by atoms with van der Waals surface area (Å²) >= 11 is 1.11. The fourth-order valence-corrected chi connectivity index (χ4v) is 3.81. The van der Waals surface area contributed by atoms with Gasteiger partial charge in [0.15, 0.2) is 0 Å². The lowest BCUT2D eigenvalue weighted by Gasteiger charge is -2.13. The van der Waals surface area contributed by atoms with Crippen LogP contribution in [-0.4, -0.2) is 28.1 Å². The second-order valence-electron chi connectivity index (χ2n) is 6.18. The van der Waals surface area contributed by atoms with Gasteiger partial charge in [0, 0.05) is 0 Å². The largest absolute Gasteiger partial charge is 0.464 e. The lowest BCUT2D eigenvalue weighted by Crippen LogP contribution is -2.29. The van der Waals surface area contributed by atoms with Crippen LogP contribution in [0, 0.1) is 6.92 Å². The minimum Gasteiger partial charge on any atom is -0.464 e. The first-order chi connectivity index (χ1) is 13.4. The van der Waals surface area contributed by atoms with Crippen molar-refractivity contribution in [2.24, 2.45) is 0 Å². The highest BCUT2D eigenvalue weighted by atomic mass is 32.1. The van der Waals surface area contributed by atoms with Gasteiger partial charge in [-0.1, -0.05) is 30.3 Å². The van der Waals surface area contributed by atoms with E-state index in [1.807, 2.05) is 30.3 Å². The number of thiophene rings is 1. The van der Waals surface area contributed by atoms with E-state index in [-0.39, 0.29) is 18.8 Å². The Balaban J connectivity index is 1.90. The van der Waals surface area contributed by atoms with E-state index in [2.05, 4.69) is 4.98 Å². The third-order valence-electron chi connectivity index (χ3n) is 4.32. The van der Waals surface area contributed by atoms with Crippen LogP contribution in [0.4, 0.5) is 0 Å². The zero-order valence-electron chi connectivity index (χ0n) is 15.8. The van der Waals surface area contributed by atoms with Crippen molar-refractivity contribution in [3.8, 4) is 0 Å². The summed E-state index contributed by atoms with van der Waals surface area (Å²) < 4.78 is 11.6. The van der Waals surface area contributed by atoms with E-state index >= 15 is 0 Å². The minimum atomic E-state index is -0.808. The molecule has 8 heteroatoms. The van der Waals surface area contributed by atoms with Gasteiger partial charge in [0.05, 0.1) is 18.3 Å². The number of carbonyl (C=O) groups is 2. The second-order valence-corrected chi connectivity index (χ2v) is 7.18.